The average Bonchev–Trinajstić information content (AvgIpc) is 2.72. The summed E-state index contributed by atoms with van der Waals surface area (Å²) in [5.74, 6) is 1.63. The number of aromatic amines is 1. The van der Waals surface area contributed by atoms with E-state index in [0.29, 0.717) is 23.3 Å². The first-order valence-electron chi connectivity index (χ1n) is 9.35. The Morgan fingerprint density at radius 1 is 1.34 bits per heavy atom. The van der Waals surface area contributed by atoms with Crippen LogP contribution in [0, 0.1) is 11.3 Å². The first-order chi connectivity index (χ1) is 14.1. The summed E-state index contributed by atoms with van der Waals surface area (Å²) in [7, 11) is 0. The highest BCUT2D eigenvalue weighted by Gasteiger charge is 2.18. The predicted octanol–water partition coefficient (Wildman–Crippen LogP) is 4.09. The van der Waals surface area contributed by atoms with Gasteiger partial charge in [-0.25, -0.2) is 4.98 Å². The number of ether oxygens (including phenoxy) is 2. The quantitative estimate of drug-likeness (QED) is 0.683. The topological polar surface area (TPSA) is 88.0 Å². The standard InChI is InChI=1S/C23H19N3O3/c1-3-28-18-8-9-20-19(12-18)23(27)26-22(25-20)17(13-24)11-16-10-15-6-4-5-7-21(15)29-14(16)2/h4-12,14H,3H2,1-2H3,(H,25,26,27). The zero-order chi connectivity index (χ0) is 20.4. The first kappa shape index (κ1) is 18.5. The van der Waals surface area contributed by atoms with Gasteiger partial charge in [0, 0.05) is 5.56 Å². The molecule has 0 fully saturated rings. The minimum Gasteiger partial charge on any atom is -0.494 e. The fourth-order valence-electron chi connectivity index (χ4n) is 3.24. The van der Waals surface area contributed by atoms with Crippen molar-refractivity contribution in [3.05, 3.63) is 75.9 Å². The summed E-state index contributed by atoms with van der Waals surface area (Å²) in [6.07, 6.45) is 3.46. The Hall–Kier alpha value is -3.85. The highest BCUT2D eigenvalue weighted by atomic mass is 16.5. The Morgan fingerprint density at radius 2 is 2.17 bits per heavy atom. The number of fused-ring (bicyclic) bond motifs is 2. The third-order valence-corrected chi connectivity index (χ3v) is 4.69. The van der Waals surface area contributed by atoms with E-state index in [-0.39, 0.29) is 23.1 Å². The average molecular weight is 385 g/mol. The number of allylic oxidation sites excluding steroid dienone is 1. The van der Waals surface area contributed by atoms with Crippen molar-refractivity contribution in [2.45, 2.75) is 20.0 Å². The molecule has 1 aromatic heterocycles. The maximum Gasteiger partial charge on any atom is 0.259 e. The van der Waals surface area contributed by atoms with Crippen molar-refractivity contribution in [2.24, 2.45) is 0 Å². The van der Waals surface area contributed by atoms with E-state index in [1.807, 2.05) is 44.2 Å². The monoisotopic (exact) mass is 385 g/mol. The van der Waals surface area contributed by atoms with Gasteiger partial charge >= 0.3 is 0 Å². The molecule has 0 saturated carbocycles. The molecule has 1 N–H and O–H groups in total. The van der Waals surface area contributed by atoms with Crippen molar-refractivity contribution < 1.29 is 9.47 Å². The second kappa shape index (κ2) is 7.64. The van der Waals surface area contributed by atoms with Gasteiger partial charge in [0.15, 0.2) is 5.82 Å². The van der Waals surface area contributed by atoms with E-state index in [0.717, 1.165) is 16.9 Å². The molecule has 0 aliphatic carbocycles. The summed E-state index contributed by atoms with van der Waals surface area (Å²) in [6.45, 7) is 4.30. The molecule has 6 heteroatoms. The molecule has 4 rings (SSSR count). The fraction of sp³-hybridized carbons (Fsp3) is 0.174. The van der Waals surface area contributed by atoms with Crippen LogP contribution < -0.4 is 15.0 Å². The van der Waals surface area contributed by atoms with Crippen LogP contribution in [0.4, 0.5) is 0 Å². The number of hydrogen-bond donors (Lipinski definition) is 1. The van der Waals surface area contributed by atoms with Gasteiger partial charge in [0.25, 0.3) is 5.56 Å². The summed E-state index contributed by atoms with van der Waals surface area (Å²) in [6, 6.07) is 15.0. The van der Waals surface area contributed by atoms with E-state index in [1.54, 1.807) is 24.3 Å². The number of nitrogens with zero attached hydrogens (tertiary/aromatic N) is 2. The lowest BCUT2D eigenvalue weighted by molar-refractivity contribution is 0.257. The number of aromatic nitrogens is 2. The SMILES string of the molecule is CCOc1ccc2nc(C(C#N)=CC3=Cc4ccccc4OC3C)[nH]c(=O)c2c1. The van der Waals surface area contributed by atoms with E-state index < -0.39 is 0 Å². The summed E-state index contributed by atoms with van der Waals surface area (Å²) in [5.41, 5.74) is 2.21. The molecule has 1 aliphatic rings. The minimum absolute atomic E-state index is 0.223. The van der Waals surface area contributed by atoms with Crippen molar-refractivity contribution in [1.82, 2.24) is 9.97 Å². The van der Waals surface area contributed by atoms with Crippen molar-refractivity contribution in [3.63, 3.8) is 0 Å². The Balaban J connectivity index is 1.77. The molecule has 1 atom stereocenters. The van der Waals surface area contributed by atoms with Crippen LogP contribution in [-0.2, 0) is 0 Å². The number of H-pyrrole nitrogens is 1. The van der Waals surface area contributed by atoms with E-state index in [1.165, 1.54) is 0 Å². The van der Waals surface area contributed by atoms with Gasteiger partial charge in [-0.3, -0.25) is 4.79 Å². The molecule has 2 heterocycles. The van der Waals surface area contributed by atoms with Crippen LogP contribution in [0.2, 0.25) is 0 Å². The summed E-state index contributed by atoms with van der Waals surface area (Å²) in [4.78, 5) is 19.8. The smallest absolute Gasteiger partial charge is 0.259 e. The first-order valence-corrected chi connectivity index (χ1v) is 9.35. The van der Waals surface area contributed by atoms with Gasteiger partial charge in [-0.05, 0) is 55.8 Å². The molecule has 2 aromatic carbocycles. The Kier molecular flexibility index (Phi) is 4.88. The Labute approximate surface area is 167 Å². The van der Waals surface area contributed by atoms with Gasteiger partial charge in [-0.2, -0.15) is 5.26 Å². The molecule has 3 aromatic rings. The van der Waals surface area contributed by atoms with Crippen LogP contribution in [0.5, 0.6) is 11.5 Å². The van der Waals surface area contributed by atoms with Gasteiger partial charge in [-0.1, -0.05) is 18.2 Å². The molecule has 0 saturated heterocycles. The minimum atomic E-state index is -0.319. The second-order valence-electron chi connectivity index (χ2n) is 6.64. The maximum atomic E-state index is 12.6. The predicted molar refractivity (Wildman–Crippen MR) is 112 cm³/mol. The fourth-order valence-corrected chi connectivity index (χ4v) is 3.24. The third-order valence-electron chi connectivity index (χ3n) is 4.69. The van der Waals surface area contributed by atoms with E-state index in [2.05, 4.69) is 16.0 Å². The largest absolute Gasteiger partial charge is 0.494 e. The lowest BCUT2D eigenvalue weighted by Gasteiger charge is -2.23. The van der Waals surface area contributed by atoms with Crippen molar-refractivity contribution >= 4 is 22.6 Å². The van der Waals surface area contributed by atoms with E-state index >= 15 is 0 Å². The van der Waals surface area contributed by atoms with Crippen LogP contribution in [0.1, 0.15) is 25.2 Å². The molecule has 0 radical (unpaired) electrons. The lowest BCUT2D eigenvalue weighted by atomic mass is 10.00. The molecular weight excluding hydrogens is 366 g/mol. The number of hydrogen-bond acceptors (Lipinski definition) is 5. The van der Waals surface area contributed by atoms with Gasteiger partial charge in [0.05, 0.1) is 23.1 Å². The molecular formula is C23H19N3O3. The van der Waals surface area contributed by atoms with E-state index in [9.17, 15) is 10.1 Å². The molecule has 29 heavy (non-hydrogen) atoms. The molecule has 1 unspecified atom stereocenters. The molecule has 1 aliphatic heterocycles. The zero-order valence-electron chi connectivity index (χ0n) is 16.1. The van der Waals surface area contributed by atoms with Crippen LogP contribution in [-0.4, -0.2) is 22.7 Å². The second-order valence-corrected chi connectivity index (χ2v) is 6.64. The summed E-state index contributed by atoms with van der Waals surface area (Å²) in [5, 5.41) is 10.1. The number of nitriles is 1. The zero-order valence-corrected chi connectivity index (χ0v) is 16.1. The van der Waals surface area contributed by atoms with Crippen LogP contribution >= 0.6 is 0 Å². The van der Waals surface area contributed by atoms with Gasteiger partial charge in [0.1, 0.15) is 23.7 Å². The third kappa shape index (κ3) is 3.63. The Morgan fingerprint density at radius 3 is 2.97 bits per heavy atom. The highest BCUT2D eigenvalue weighted by Crippen LogP contribution is 2.31. The number of benzene rings is 2. The van der Waals surface area contributed by atoms with Crippen molar-refractivity contribution in [1.29, 1.82) is 5.26 Å². The molecule has 144 valence electrons. The van der Waals surface area contributed by atoms with Gasteiger partial charge < -0.3 is 14.5 Å². The summed E-state index contributed by atoms with van der Waals surface area (Å²) < 4.78 is 11.4. The molecule has 0 spiro atoms. The van der Waals surface area contributed by atoms with Crippen molar-refractivity contribution in [2.75, 3.05) is 6.61 Å². The van der Waals surface area contributed by atoms with Crippen LogP contribution in [0.3, 0.4) is 0 Å². The summed E-state index contributed by atoms with van der Waals surface area (Å²) >= 11 is 0. The Bertz CT molecular complexity index is 1250. The number of rotatable bonds is 4. The maximum absolute atomic E-state index is 12.6. The molecule has 0 bridgehead atoms. The van der Waals surface area contributed by atoms with Crippen LogP contribution in [0.15, 0.2) is 58.9 Å². The van der Waals surface area contributed by atoms with Crippen LogP contribution in [0.25, 0.3) is 22.6 Å². The normalized spacial score (nSPS) is 15.8. The van der Waals surface area contributed by atoms with Crippen molar-refractivity contribution in [3.8, 4) is 17.6 Å². The highest BCUT2D eigenvalue weighted by molar-refractivity contribution is 5.83. The number of nitrogens with one attached hydrogen (secondary N) is 1. The van der Waals surface area contributed by atoms with E-state index in [4.69, 9.17) is 9.47 Å². The molecule has 6 nitrogen and oxygen atoms in total. The van der Waals surface area contributed by atoms with Gasteiger partial charge in [-0.15, -0.1) is 0 Å². The van der Waals surface area contributed by atoms with Gasteiger partial charge in [0.2, 0.25) is 0 Å². The number of para-hydroxylation sites is 1. The lowest BCUT2D eigenvalue weighted by Crippen LogP contribution is -2.18. The molecule has 0 amide bonds.